The van der Waals surface area contributed by atoms with Crippen molar-refractivity contribution in [2.75, 3.05) is 36.5 Å². The fraction of sp³-hybridized carbons (Fsp3) is 0.500. The van der Waals surface area contributed by atoms with Gasteiger partial charge in [0.2, 0.25) is 5.91 Å². The smallest absolute Gasteiger partial charge is 0.245 e. The highest BCUT2D eigenvalue weighted by molar-refractivity contribution is 5.99. The van der Waals surface area contributed by atoms with Gasteiger partial charge in [0.1, 0.15) is 0 Å². The largest absolute Gasteiger partial charge is 0.387 e. The third-order valence-electron chi connectivity index (χ3n) is 5.30. The summed E-state index contributed by atoms with van der Waals surface area (Å²) < 4.78 is 5.43. The Morgan fingerprint density at radius 3 is 2.86 bits per heavy atom. The minimum atomic E-state index is -0.612. The molecule has 28 heavy (non-hydrogen) atoms. The number of aliphatic hydroxyl groups is 1. The number of carbonyl (C=O) groups excluding carboxylic acids is 1. The number of fused-ring (bicyclic) bond motifs is 1. The summed E-state index contributed by atoms with van der Waals surface area (Å²) in [5, 5.41) is 12.4. The summed E-state index contributed by atoms with van der Waals surface area (Å²) >= 11 is 0. The van der Waals surface area contributed by atoms with Crippen LogP contribution in [0.2, 0.25) is 0 Å². The van der Waals surface area contributed by atoms with Crippen molar-refractivity contribution >= 4 is 17.5 Å². The Balaban J connectivity index is 0.00000160. The predicted molar refractivity (Wildman–Crippen MR) is 109 cm³/mol. The van der Waals surface area contributed by atoms with Crippen molar-refractivity contribution in [1.29, 1.82) is 0 Å². The van der Waals surface area contributed by atoms with Crippen LogP contribution in [0.1, 0.15) is 40.8 Å². The predicted octanol–water partition coefficient (Wildman–Crippen LogP) is 2.66. The normalized spacial score (nSPS) is 18.5. The molecule has 0 saturated carbocycles. The van der Waals surface area contributed by atoms with Crippen molar-refractivity contribution in [3.63, 3.8) is 0 Å². The van der Waals surface area contributed by atoms with E-state index in [1.54, 1.807) is 25.4 Å². The van der Waals surface area contributed by atoms with Gasteiger partial charge in [-0.15, -0.1) is 0 Å². The maximum absolute atomic E-state index is 12.1. The molecule has 2 aliphatic rings. The average molecular weight is 387 g/mol. The molecule has 1 fully saturated rings. The molecule has 2 aliphatic heterocycles. The van der Waals surface area contributed by atoms with Gasteiger partial charge in [0, 0.05) is 34.4 Å². The third kappa shape index (κ3) is 4.13. The van der Waals surface area contributed by atoms with Crippen molar-refractivity contribution in [3.05, 3.63) is 30.2 Å². The maximum Gasteiger partial charge on any atom is 0.245 e. The Hall–Kier alpha value is -2.58. The summed E-state index contributed by atoms with van der Waals surface area (Å²) in [5.41, 5.74) is 2.12. The first-order valence-electron chi connectivity index (χ1n) is 9.74. The second-order valence-electron chi connectivity index (χ2n) is 7.39. The van der Waals surface area contributed by atoms with Gasteiger partial charge in [-0.2, -0.15) is 0 Å². The number of anilines is 2. The molecular formula is C20H29N5O3. The summed E-state index contributed by atoms with van der Waals surface area (Å²) in [4.78, 5) is 27.5. The lowest BCUT2D eigenvalue weighted by atomic mass is 9.96. The number of hydrogen-bond donors (Lipinski definition) is 2. The van der Waals surface area contributed by atoms with Gasteiger partial charge in [-0.3, -0.25) is 9.78 Å². The fourth-order valence-electron chi connectivity index (χ4n) is 3.61. The van der Waals surface area contributed by atoms with Gasteiger partial charge in [-0.25, -0.2) is 9.97 Å². The number of ether oxygens (including phenoxy) is 1. The molecule has 1 atom stereocenters. The molecule has 1 saturated heterocycles. The van der Waals surface area contributed by atoms with E-state index in [0.717, 1.165) is 44.6 Å². The second-order valence-corrected chi connectivity index (χ2v) is 7.39. The zero-order valence-corrected chi connectivity index (χ0v) is 16.0. The van der Waals surface area contributed by atoms with Gasteiger partial charge in [-0.1, -0.05) is 0 Å². The van der Waals surface area contributed by atoms with Crippen LogP contribution >= 0.6 is 0 Å². The van der Waals surface area contributed by atoms with Crippen molar-refractivity contribution in [3.8, 4) is 11.3 Å². The monoisotopic (exact) mass is 387 g/mol. The molecule has 8 nitrogen and oxygen atoms in total. The highest BCUT2D eigenvalue weighted by Gasteiger charge is 2.26. The van der Waals surface area contributed by atoms with E-state index in [9.17, 15) is 9.90 Å². The SMILES string of the molecule is C[C@@H](O)c1ccc(-c2cnc3c(n2)N(CCC2CCOCC2)CC(=O)N3)cn1.[HH].[HH]. The van der Waals surface area contributed by atoms with Crippen molar-refractivity contribution in [2.45, 2.75) is 32.3 Å². The van der Waals surface area contributed by atoms with Crippen LogP contribution in [0.15, 0.2) is 24.5 Å². The lowest BCUT2D eigenvalue weighted by Gasteiger charge is -2.31. The number of aromatic nitrogens is 3. The van der Waals surface area contributed by atoms with E-state index in [4.69, 9.17) is 9.72 Å². The number of amides is 1. The summed E-state index contributed by atoms with van der Waals surface area (Å²) in [6.45, 7) is 4.37. The van der Waals surface area contributed by atoms with E-state index < -0.39 is 6.10 Å². The van der Waals surface area contributed by atoms with Gasteiger partial charge >= 0.3 is 0 Å². The number of hydrogen-bond acceptors (Lipinski definition) is 7. The van der Waals surface area contributed by atoms with Gasteiger partial charge < -0.3 is 20.1 Å². The summed E-state index contributed by atoms with van der Waals surface area (Å²) in [6, 6.07) is 3.66. The number of pyridine rings is 1. The van der Waals surface area contributed by atoms with Crippen LogP contribution in [0, 0.1) is 5.92 Å². The molecule has 8 heteroatoms. The third-order valence-corrected chi connectivity index (χ3v) is 5.30. The highest BCUT2D eigenvalue weighted by Crippen LogP contribution is 2.30. The van der Waals surface area contributed by atoms with Crippen LogP contribution in [-0.4, -0.2) is 52.3 Å². The minimum absolute atomic E-state index is 0. The minimum Gasteiger partial charge on any atom is -0.387 e. The molecule has 4 rings (SSSR count). The molecule has 2 aromatic rings. The van der Waals surface area contributed by atoms with Crippen LogP contribution in [0.4, 0.5) is 11.6 Å². The summed E-state index contributed by atoms with van der Waals surface area (Å²) in [6.07, 6.45) is 5.86. The molecule has 0 aromatic carbocycles. The van der Waals surface area contributed by atoms with E-state index in [-0.39, 0.29) is 15.3 Å². The number of nitrogens with zero attached hydrogens (tertiary/aromatic N) is 4. The molecular weight excluding hydrogens is 358 g/mol. The maximum atomic E-state index is 12.1. The van der Waals surface area contributed by atoms with Crippen LogP contribution < -0.4 is 10.2 Å². The number of rotatable bonds is 5. The quantitative estimate of drug-likeness (QED) is 0.813. The van der Waals surface area contributed by atoms with E-state index >= 15 is 0 Å². The molecule has 0 radical (unpaired) electrons. The average Bonchev–Trinajstić information content (AvgIpc) is 2.72. The van der Waals surface area contributed by atoms with Gasteiger partial charge in [0.25, 0.3) is 0 Å². The molecule has 4 heterocycles. The molecule has 0 aliphatic carbocycles. The van der Waals surface area contributed by atoms with Gasteiger partial charge in [0.05, 0.1) is 30.2 Å². The van der Waals surface area contributed by atoms with Crippen molar-refractivity contribution in [1.82, 2.24) is 15.0 Å². The lowest BCUT2D eigenvalue weighted by Crippen LogP contribution is -2.40. The molecule has 2 N–H and O–H groups in total. The van der Waals surface area contributed by atoms with E-state index in [1.807, 2.05) is 11.0 Å². The van der Waals surface area contributed by atoms with Crippen LogP contribution in [0.3, 0.4) is 0 Å². The first-order chi connectivity index (χ1) is 13.6. The lowest BCUT2D eigenvalue weighted by molar-refractivity contribution is -0.115. The van der Waals surface area contributed by atoms with E-state index in [2.05, 4.69) is 15.3 Å². The first-order valence-corrected chi connectivity index (χ1v) is 9.74. The summed E-state index contributed by atoms with van der Waals surface area (Å²) in [5.74, 6) is 1.75. The van der Waals surface area contributed by atoms with E-state index in [1.165, 1.54) is 0 Å². The van der Waals surface area contributed by atoms with Crippen LogP contribution in [-0.2, 0) is 9.53 Å². The Labute approximate surface area is 166 Å². The first kappa shape index (κ1) is 18.8. The Morgan fingerprint density at radius 1 is 1.32 bits per heavy atom. The van der Waals surface area contributed by atoms with Crippen LogP contribution in [0.5, 0.6) is 0 Å². The molecule has 152 valence electrons. The summed E-state index contributed by atoms with van der Waals surface area (Å²) in [7, 11) is 0. The second kappa shape index (κ2) is 8.20. The topological polar surface area (TPSA) is 100 Å². The molecule has 0 unspecified atom stereocenters. The Bertz CT molecular complexity index is 845. The Morgan fingerprint density at radius 2 is 2.14 bits per heavy atom. The fourth-order valence-corrected chi connectivity index (χ4v) is 3.61. The Kier molecular flexibility index (Phi) is 5.50. The van der Waals surface area contributed by atoms with Gasteiger partial charge in [-0.05, 0) is 44.2 Å². The molecule has 1 amide bonds. The number of aliphatic hydroxyl groups excluding tert-OH is 1. The molecule has 0 spiro atoms. The van der Waals surface area contributed by atoms with Crippen LogP contribution in [0.25, 0.3) is 11.3 Å². The van der Waals surface area contributed by atoms with Gasteiger partial charge in [0.15, 0.2) is 11.6 Å². The van der Waals surface area contributed by atoms with Crippen molar-refractivity contribution in [2.24, 2.45) is 5.92 Å². The standard InChI is InChI=1S/C20H25N5O3.2H2/c1-13(26)16-3-2-15(10-21-16)17-11-22-19-20(23-17)25(12-18(27)24-19)7-4-14-5-8-28-9-6-14;;/h2-3,10-11,13-14,26H,4-9,12H2,1H3,(H,22,24,27);2*1H/t13-;;/m1../s1. The zero-order chi connectivity index (χ0) is 19.5. The van der Waals surface area contributed by atoms with E-state index in [0.29, 0.717) is 28.9 Å². The highest BCUT2D eigenvalue weighted by atomic mass is 16.5. The van der Waals surface area contributed by atoms with Crippen molar-refractivity contribution < 1.29 is 17.5 Å². The molecule has 2 aromatic heterocycles. The number of nitrogens with one attached hydrogen (secondary N) is 1. The number of carbonyl (C=O) groups is 1. The molecule has 0 bridgehead atoms. The zero-order valence-electron chi connectivity index (χ0n) is 16.0.